The van der Waals surface area contributed by atoms with Gasteiger partial charge in [0.15, 0.2) is 11.5 Å². The molecule has 2 aliphatic heterocycles. The first-order chi connectivity index (χ1) is 15.6. The van der Waals surface area contributed by atoms with Gasteiger partial charge in [-0.25, -0.2) is 4.79 Å². The number of hydrogen-bond donors (Lipinski definition) is 1. The van der Waals surface area contributed by atoms with E-state index in [2.05, 4.69) is 5.32 Å². The van der Waals surface area contributed by atoms with Crippen molar-refractivity contribution in [3.05, 3.63) is 63.3 Å². The van der Waals surface area contributed by atoms with E-state index in [4.69, 9.17) is 14.2 Å². The number of ether oxygens (including phenoxy) is 3. The van der Waals surface area contributed by atoms with E-state index in [0.29, 0.717) is 47.9 Å². The maximum atomic E-state index is 13.2. The third-order valence-electron chi connectivity index (χ3n) is 5.67. The highest BCUT2D eigenvalue weighted by molar-refractivity contribution is 5.92. The van der Waals surface area contributed by atoms with Crippen LogP contribution in [-0.2, 0) is 22.6 Å². The molecule has 166 valence electrons. The smallest absolute Gasteiger partial charge is 0.332 e. The largest absolute Gasteiger partial charge is 0.486 e. The number of benzene rings is 2. The lowest BCUT2D eigenvalue weighted by Crippen LogP contribution is -2.43. The van der Waals surface area contributed by atoms with Gasteiger partial charge in [-0.3, -0.25) is 18.7 Å². The van der Waals surface area contributed by atoms with Crippen LogP contribution in [0, 0.1) is 0 Å². The van der Waals surface area contributed by atoms with Crippen LogP contribution in [0.25, 0.3) is 10.9 Å². The molecular formula is C23H23N3O6. The molecule has 1 fully saturated rings. The molecule has 3 aromatic rings. The Morgan fingerprint density at radius 3 is 2.62 bits per heavy atom. The zero-order valence-electron chi connectivity index (χ0n) is 17.4. The summed E-state index contributed by atoms with van der Waals surface area (Å²) in [6.45, 7) is 1.49. The fourth-order valence-corrected chi connectivity index (χ4v) is 4.14. The van der Waals surface area contributed by atoms with Gasteiger partial charge in [0.05, 0.1) is 23.6 Å². The molecular weight excluding hydrogens is 414 g/mol. The van der Waals surface area contributed by atoms with Gasteiger partial charge in [-0.2, -0.15) is 0 Å². The highest BCUT2D eigenvalue weighted by Crippen LogP contribution is 2.32. The lowest BCUT2D eigenvalue weighted by Gasteiger charge is -2.19. The van der Waals surface area contributed by atoms with Crippen molar-refractivity contribution in [3.8, 4) is 11.5 Å². The van der Waals surface area contributed by atoms with Crippen LogP contribution in [0.2, 0.25) is 0 Å². The van der Waals surface area contributed by atoms with Crippen molar-refractivity contribution >= 4 is 22.5 Å². The Bertz CT molecular complexity index is 1290. The van der Waals surface area contributed by atoms with E-state index < -0.39 is 11.6 Å². The van der Waals surface area contributed by atoms with Crippen LogP contribution in [-0.4, -0.2) is 41.0 Å². The molecule has 2 aromatic carbocycles. The van der Waals surface area contributed by atoms with Gasteiger partial charge in [-0.1, -0.05) is 12.1 Å². The molecule has 1 atom stereocenters. The molecule has 1 aromatic heterocycles. The van der Waals surface area contributed by atoms with Gasteiger partial charge in [-0.05, 0) is 37.1 Å². The molecule has 2 aliphatic rings. The van der Waals surface area contributed by atoms with Crippen molar-refractivity contribution in [2.45, 2.75) is 32.0 Å². The third-order valence-corrected chi connectivity index (χ3v) is 5.67. The number of aromatic nitrogens is 2. The summed E-state index contributed by atoms with van der Waals surface area (Å²) >= 11 is 0. The van der Waals surface area contributed by atoms with E-state index in [1.807, 2.05) is 0 Å². The third kappa shape index (κ3) is 3.87. The van der Waals surface area contributed by atoms with Gasteiger partial charge in [0.2, 0.25) is 5.91 Å². The SMILES string of the molecule is O=C(Cn1c(=O)n(CC2CCCO2)c(=O)c2ccccc21)Nc1ccc2c(c1)OCCO2. The van der Waals surface area contributed by atoms with E-state index in [0.717, 1.165) is 12.8 Å². The van der Waals surface area contributed by atoms with Gasteiger partial charge in [0, 0.05) is 18.4 Å². The average Bonchev–Trinajstić information content (AvgIpc) is 3.33. The number of carbonyl (C=O) groups is 1. The molecule has 32 heavy (non-hydrogen) atoms. The van der Waals surface area contributed by atoms with Crippen LogP contribution in [0.3, 0.4) is 0 Å². The van der Waals surface area contributed by atoms with Crippen LogP contribution in [0.4, 0.5) is 5.69 Å². The standard InChI is InChI=1S/C23H23N3O6/c27-21(24-15-7-8-19-20(12-15)32-11-10-31-19)14-25-18-6-2-1-5-17(18)22(28)26(23(25)29)13-16-4-3-9-30-16/h1-2,5-8,12,16H,3-4,9-11,13-14H2,(H,24,27). The summed E-state index contributed by atoms with van der Waals surface area (Å²) in [4.78, 5) is 39.0. The molecule has 9 nitrogen and oxygen atoms in total. The molecule has 1 amide bonds. The monoisotopic (exact) mass is 437 g/mol. The summed E-state index contributed by atoms with van der Waals surface area (Å²) in [7, 11) is 0. The second kappa shape index (κ2) is 8.51. The Balaban J connectivity index is 1.46. The lowest BCUT2D eigenvalue weighted by atomic mass is 10.2. The maximum Gasteiger partial charge on any atom is 0.332 e. The number of nitrogens with one attached hydrogen (secondary N) is 1. The van der Waals surface area contributed by atoms with E-state index in [-0.39, 0.29) is 24.8 Å². The molecule has 9 heteroatoms. The second-order valence-corrected chi connectivity index (χ2v) is 7.84. The van der Waals surface area contributed by atoms with Crippen molar-refractivity contribution in [2.24, 2.45) is 0 Å². The minimum Gasteiger partial charge on any atom is -0.486 e. The summed E-state index contributed by atoms with van der Waals surface area (Å²) in [5.41, 5.74) is 0.0545. The molecule has 3 heterocycles. The number of carbonyl (C=O) groups excluding carboxylic acids is 1. The number of rotatable bonds is 5. The minimum absolute atomic E-state index is 0.173. The van der Waals surface area contributed by atoms with Crippen LogP contribution in [0.1, 0.15) is 12.8 Å². The van der Waals surface area contributed by atoms with Crippen molar-refractivity contribution in [1.82, 2.24) is 9.13 Å². The van der Waals surface area contributed by atoms with Crippen molar-refractivity contribution in [3.63, 3.8) is 0 Å². The molecule has 0 radical (unpaired) electrons. The quantitative estimate of drug-likeness (QED) is 0.653. The highest BCUT2D eigenvalue weighted by atomic mass is 16.6. The predicted octanol–water partition coefficient (Wildman–Crippen LogP) is 1.75. The molecule has 0 bridgehead atoms. The predicted molar refractivity (Wildman–Crippen MR) is 118 cm³/mol. The molecule has 0 spiro atoms. The first kappa shape index (κ1) is 20.3. The van der Waals surface area contributed by atoms with Crippen molar-refractivity contribution in [1.29, 1.82) is 0 Å². The van der Waals surface area contributed by atoms with Gasteiger partial charge in [0.1, 0.15) is 19.8 Å². The molecule has 5 rings (SSSR count). The van der Waals surface area contributed by atoms with Crippen molar-refractivity contribution in [2.75, 3.05) is 25.1 Å². The maximum absolute atomic E-state index is 13.2. The van der Waals surface area contributed by atoms with Crippen molar-refractivity contribution < 1.29 is 19.0 Å². The number of amides is 1. The number of fused-ring (bicyclic) bond motifs is 2. The number of para-hydroxylation sites is 1. The summed E-state index contributed by atoms with van der Waals surface area (Å²) in [6.07, 6.45) is 1.52. The zero-order chi connectivity index (χ0) is 22.1. The topological polar surface area (TPSA) is 101 Å². The van der Waals surface area contributed by atoms with Crippen LogP contribution in [0.15, 0.2) is 52.1 Å². The van der Waals surface area contributed by atoms with E-state index in [9.17, 15) is 14.4 Å². The van der Waals surface area contributed by atoms with Gasteiger partial charge in [0.25, 0.3) is 5.56 Å². The Labute approximate surface area is 183 Å². The summed E-state index contributed by atoms with van der Waals surface area (Å²) < 4.78 is 19.2. The molecule has 1 unspecified atom stereocenters. The first-order valence-electron chi connectivity index (χ1n) is 10.6. The summed E-state index contributed by atoms with van der Waals surface area (Å²) in [5, 5.41) is 3.18. The van der Waals surface area contributed by atoms with Crippen LogP contribution >= 0.6 is 0 Å². The Kier molecular flexibility index (Phi) is 5.40. The molecule has 1 N–H and O–H groups in total. The fourth-order valence-electron chi connectivity index (χ4n) is 4.14. The van der Waals surface area contributed by atoms with E-state index in [1.165, 1.54) is 9.13 Å². The Morgan fingerprint density at radius 1 is 1.00 bits per heavy atom. The lowest BCUT2D eigenvalue weighted by molar-refractivity contribution is -0.116. The minimum atomic E-state index is -0.526. The summed E-state index contributed by atoms with van der Waals surface area (Å²) in [5.74, 6) is 0.788. The van der Waals surface area contributed by atoms with E-state index >= 15 is 0 Å². The first-order valence-corrected chi connectivity index (χ1v) is 10.6. The van der Waals surface area contributed by atoms with E-state index in [1.54, 1.807) is 42.5 Å². The zero-order valence-corrected chi connectivity index (χ0v) is 17.4. The Hall–Kier alpha value is -3.59. The normalized spacial score (nSPS) is 17.4. The second-order valence-electron chi connectivity index (χ2n) is 7.84. The fraction of sp³-hybridized carbons (Fsp3) is 0.348. The molecule has 0 aliphatic carbocycles. The van der Waals surface area contributed by atoms with Gasteiger partial charge in [-0.15, -0.1) is 0 Å². The molecule has 0 saturated carbocycles. The van der Waals surface area contributed by atoms with Crippen LogP contribution < -0.4 is 26.0 Å². The number of hydrogen-bond acceptors (Lipinski definition) is 6. The summed E-state index contributed by atoms with van der Waals surface area (Å²) in [6, 6.07) is 11.9. The van der Waals surface area contributed by atoms with Gasteiger partial charge < -0.3 is 19.5 Å². The number of nitrogens with zero attached hydrogens (tertiary/aromatic N) is 2. The average molecular weight is 437 g/mol. The Morgan fingerprint density at radius 2 is 1.81 bits per heavy atom. The highest BCUT2D eigenvalue weighted by Gasteiger charge is 2.21. The van der Waals surface area contributed by atoms with Crippen LogP contribution in [0.5, 0.6) is 11.5 Å². The van der Waals surface area contributed by atoms with Gasteiger partial charge >= 0.3 is 5.69 Å². The molecule has 1 saturated heterocycles. The number of anilines is 1.